The Morgan fingerprint density at radius 3 is 2.76 bits per heavy atom. The lowest BCUT2D eigenvalue weighted by molar-refractivity contribution is -0.114. The summed E-state index contributed by atoms with van der Waals surface area (Å²) in [5, 5.41) is 0. The monoisotopic (exact) mass is 231 g/mol. The predicted octanol–water partition coefficient (Wildman–Crippen LogP) is -0.143. The van der Waals surface area contributed by atoms with Gasteiger partial charge in [0.2, 0.25) is 0 Å². The van der Waals surface area contributed by atoms with Crippen molar-refractivity contribution in [3.63, 3.8) is 0 Å². The number of carbonyl (C=O) groups is 1. The van der Waals surface area contributed by atoms with E-state index < -0.39 is 5.91 Å². The Bertz CT molecular complexity index is 476. The summed E-state index contributed by atoms with van der Waals surface area (Å²) in [5.41, 5.74) is 11.5. The van der Waals surface area contributed by atoms with Crippen LogP contribution in [0.3, 0.4) is 0 Å². The Morgan fingerprint density at radius 1 is 1.53 bits per heavy atom. The molecule has 0 saturated carbocycles. The number of carbonyl (C=O) groups excluding carboxylic acids is 1. The van der Waals surface area contributed by atoms with Crippen LogP contribution in [0.4, 0.5) is 0 Å². The lowest BCUT2D eigenvalue weighted by Crippen LogP contribution is -2.16. The average molecular weight is 231 g/mol. The Hall–Kier alpha value is -2.50. The fraction of sp³-hybridized carbons (Fsp3) is 0.0909. The smallest absolute Gasteiger partial charge is 0.268 e. The maximum atomic E-state index is 11.0. The minimum atomic E-state index is -0.696. The van der Waals surface area contributed by atoms with Crippen LogP contribution in [-0.2, 0) is 4.79 Å². The molecule has 0 radical (unpaired) electrons. The van der Waals surface area contributed by atoms with Crippen molar-refractivity contribution < 1.29 is 4.79 Å². The van der Waals surface area contributed by atoms with Crippen molar-refractivity contribution in [2.24, 2.45) is 21.5 Å². The molecule has 0 saturated heterocycles. The highest BCUT2D eigenvalue weighted by Gasteiger charge is 2.06. The van der Waals surface area contributed by atoms with Crippen molar-refractivity contribution in [1.29, 1.82) is 0 Å². The van der Waals surface area contributed by atoms with E-state index in [9.17, 15) is 4.79 Å². The van der Waals surface area contributed by atoms with Gasteiger partial charge in [-0.05, 0) is 12.1 Å². The van der Waals surface area contributed by atoms with Gasteiger partial charge in [-0.2, -0.15) is 0 Å². The zero-order valence-electron chi connectivity index (χ0n) is 9.37. The van der Waals surface area contributed by atoms with E-state index in [1.54, 1.807) is 31.6 Å². The number of rotatable bonds is 4. The fourth-order valence-corrected chi connectivity index (χ4v) is 1.11. The molecule has 0 aliphatic rings. The highest BCUT2D eigenvalue weighted by Crippen LogP contribution is 2.02. The number of hydrogen-bond acceptors (Lipinski definition) is 5. The second kappa shape index (κ2) is 6.16. The van der Waals surface area contributed by atoms with Crippen LogP contribution in [0.5, 0.6) is 0 Å². The molecule has 0 bridgehead atoms. The molecule has 88 valence electrons. The zero-order valence-corrected chi connectivity index (χ0v) is 9.37. The third-order valence-electron chi connectivity index (χ3n) is 1.86. The van der Waals surface area contributed by atoms with Crippen molar-refractivity contribution in [3.8, 4) is 0 Å². The third-order valence-corrected chi connectivity index (χ3v) is 1.86. The molecule has 0 spiro atoms. The highest BCUT2D eigenvalue weighted by atomic mass is 16.1. The van der Waals surface area contributed by atoms with Crippen molar-refractivity contribution in [1.82, 2.24) is 4.98 Å². The first-order valence-electron chi connectivity index (χ1n) is 4.82. The van der Waals surface area contributed by atoms with Gasteiger partial charge in [0, 0.05) is 37.4 Å². The predicted molar refractivity (Wildman–Crippen MR) is 66.7 cm³/mol. The van der Waals surface area contributed by atoms with Gasteiger partial charge < -0.3 is 11.5 Å². The van der Waals surface area contributed by atoms with Crippen LogP contribution in [0.2, 0.25) is 0 Å². The summed E-state index contributed by atoms with van der Waals surface area (Å²) < 4.78 is 0. The van der Waals surface area contributed by atoms with E-state index in [4.69, 9.17) is 11.5 Å². The number of primary amides is 1. The van der Waals surface area contributed by atoms with Crippen LogP contribution in [-0.4, -0.2) is 29.9 Å². The molecule has 17 heavy (non-hydrogen) atoms. The third kappa shape index (κ3) is 3.53. The van der Waals surface area contributed by atoms with E-state index in [1.807, 2.05) is 0 Å². The van der Waals surface area contributed by atoms with Crippen molar-refractivity contribution in [3.05, 3.63) is 42.0 Å². The van der Waals surface area contributed by atoms with Gasteiger partial charge in [-0.1, -0.05) is 0 Å². The molecule has 0 unspecified atom stereocenters. The van der Waals surface area contributed by atoms with E-state index in [-0.39, 0.29) is 5.70 Å². The molecule has 0 fully saturated rings. The van der Waals surface area contributed by atoms with Crippen LogP contribution in [0.1, 0.15) is 5.56 Å². The summed E-state index contributed by atoms with van der Waals surface area (Å²) in [6.45, 7) is 0. The fourth-order valence-electron chi connectivity index (χ4n) is 1.11. The van der Waals surface area contributed by atoms with Crippen LogP contribution >= 0.6 is 0 Å². The number of pyridine rings is 1. The first kappa shape index (κ1) is 12.6. The molecule has 1 heterocycles. The van der Waals surface area contributed by atoms with Crippen LogP contribution in [0.25, 0.3) is 0 Å². The summed E-state index contributed by atoms with van der Waals surface area (Å²) in [6.07, 6.45) is 5.80. The van der Waals surface area contributed by atoms with Gasteiger partial charge in [0.05, 0.1) is 5.71 Å². The van der Waals surface area contributed by atoms with Gasteiger partial charge in [0.1, 0.15) is 5.70 Å². The minimum Gasteiger partial charge on any atom is -0.403 e. The van der Waals surface area contributed by atoms with Gasteiger partial charge >= 0.3 is 0 Å². The van der Waals surface area contributed by atoms with E-state index >= 15 is 0 Å². The van der Waals surface area contributed by atoms with Gasteiger partial charge in [0.25, 0.3) is 5.91 Å². The Morgan fingerprint density at radius 2 is 2.29 bits per heavy atom. The topological polar surface area (TPSA) is 107 Å². The summed E-state index contributed by atoms with van der Waals surface area (Å²) in [6, 6.07) is 3.55. The zero-order chi connectivity index (χ0) is 12.7. The molecule has 4 N–H and O–H groups in total. The number of aromatic nitrogens is 1. The van der Waals surface area contributed by atoms with E-state index in [0.717, 1.165) is 11.8 Å². The molecule has 1 amide bonds. The molecule has 0 aliphatic carbocycles. The molecule has 1 aromatic heterocycles. The summed E-state index contributed by atoms with van der Waals surface area (Å²) in [5.74, 6) is -0.696. The molecule has 6 nitrogen and oxygen atoms in total. The number of hydrogen-bond donors (Lipinski definition) is 2. The van der Waals surface area contributed by atoms with Crippen molar-refractivity contribution >= 4 is 17.8 Å². The van der Waals surface area contributed by atoms with Gasteiger partial charge in [-0.25, -0.2) is 4.99 Å². The molecule has 0 atom stereocenters. The maximum absolute atomic E-state index is 11.0. The average Bonchev–Trinajstić information content (AvgIpc) is 2.35. The molecule has 1 aromatic rings. The van der Waals surface area contributed by atoms with Gasteiger partial charge in [0.15, 0.2) is 0 Å². The van der Waals surface area contributed by atoms with Crippen LogP contribution in [0, 0.1) is 0 Å². The van der Waals surface area contributed by atoms with Crippen molar-refractivity contribution in [2.75, 3.05) is 7.05 Å². The maximum Gasteiger partial charge on any atom is 0.268 e. The first-order chi connectivity index (χ1) is 8.19. The number of aliphatic imine (C=N–C) groups is 2. The molecular weight excluding hydrogens is 218 g/mol. The lowest BCUT2D eigenvalue weighted by atomic mass is 10.2. The molecular formula is C11H13N5O. The van der Waals surface area contributed by atoms with Crippen LogP contribution < -0.4 is 11.5 Å². The molecule has 0 aromatic carbocycles. The second-order valence-corrected chi connectivity index (χ2v) is 3.04. The normalized spacial score (nSPS) is 13.0. The highest BCUT2D eigenvalue weighted by molar-refractivity contribution is 6.38. The second-order valence-electron chi connectivity index (χ2n) is 3.04. The summed E-state index contributed by atoms with van der Waals surface area (Å²) >= 11 is 0. The first-order valence-corrected chi connectivity index (χ1v) is 4.82. The van der Waals surface area contributed by atoms with Crippen LogP contribution in [0.15, 0.2) is 46.4 Å². The summed E-state index contributed by atoms with van der Waals surface area (Å²) in [7, 11) is 1.60. The van der Waals surface area contributed by atoms with Gasteiger partial charge in [-0.15, -0.1) is 0 Å². The SMILES string of the molecule is CN=CC(=N/C(=C/N)C(N)=O)c1cccnc1. The summed E-state index contributed by atoms with van der Waals surface area (Å²) in [4.78, 5) is 22.9. The van der Waals surface area contributed by atoms with Gasteiger partial charge in [-0.3, -0.25) is 14.8 Å². The van der Waals surface area contributed by atoms with E-state index in [2.05, 4.69) is 15.0 Å². The molecule has 0 aliphatic heterocycles. The Labute approximate surface area is 98.8 Å². The number of nitrogens with zero attached hydrogens (tertiary/aromatic N) is 3. The Balaban J connectivity index is 3.19. The quantitative estimate of drug-likeness (QED) is 0.556. The largest absolute Gasteiger partial charge is 0.403 e. The molecule has 1 rings (SSSR count). The van der Waals surface area contributed by atoms with E-state index in [1.165, 1.54) is 6.21 Å². The minimum absolute atomic E-state index is 0.0243. The molecule has 6 heteroatoms. The van der Waals surface area contributed by atoms with E-state index in [0.29, 0.717) is 5.71 Å². The number of nitrogens with two attached hydrogens (primary N) is 2. The van der Waals surface area contributed by atoms with Crippen molar-refractivity contribution in [2.45, 2.75) is 0 Å². The lowest BCUT2D eigenvalue weighted by Gasteiger charge is -2.01. The Kier molecular flexibility index (Phi) is 4.56. The number of amides is 1. The standard InChI is InChI=1S/C11H13N5O/c1-14-7-10(8-3-2-4-15-6-8)16-9(5-12)11(13)17/h2-7H,12H2,1H3,(H2,13,17)/b9-5+,14-7?,16-10?.